The summed E-state index contributed by atoms with van der Waals surface area (Å²) in [7, 11) is 1.59. The van der Waals surface area contributed by atoms with E-state index in [1.54, 1.807) is 13.2 Å². The van der Waals surface area contributed by atoms with Gasteiger partial charge in [0.2, 0.25) is 0 Å². The van der Waals surface area contributed by atoms with E-state index in [4.69, 9.17) is 21.6 Å². The van der Waals surface area contributed by atoms with E-state index in [9.17, 15) is 0 Å². The highest BCUT2D eigenvalue weighted by molar-refractivity contribution is 6.33. The van der Waals surface area contributed by atoms with Crippen molar-refractivity contribution in [2.75, 3.05) is 7.11 Å². The molecule has 1 aromatic rings. The van der Waals surface area contributed by atoms with Crippen LogP contribution in [0.1, 0.15) is 17.5 Å². The van der Waals surface area contributed by atoms with Crippen molar-refractivity contribution in [2.45, 2.75) is 12.8 Å². The fraction of sp³-hybridized carbons (Fsp3) is 0.250. The fourth-order valence-corrected chi connectivity index (χ4v) is 2.17. The molecular formula is C12H10ClNO. The van der Waals surface area contributed by atoms with Crippen LogP contribution in [0, 0.1) is 11.3 Å². The zero-order valence-corrected chi connectivity index (χ0v) is 9.14. The van der Waals surface area contributed by atoms with Gasteiger partial charge >= 0.3 is 0 Å². The van der Waals surface area contributed by atoms with Crippen molar-refractivity contribution < 1.29 is 4.74 Å². The lowest BCUT2D eigenvalue weighted by atomic mass is 9.91. The third-order valence-electron chi connectivity index (χ3n) is 2.58. The second kappa shape index (κ2) is 3.96. The van der Waals surface area contributed by atoms with Crippen LogP contribution in [-0.2, 0) is 6.42 Å². The van der Waals surface area contributed by atoms with Crippen LogP contribution < -0.4 is 4.74 Å². The molecule has 0 heterocycles. The molecule has 0 spiro atoms. The molecule has 0 aliphatic heterocycles. The van der Waals surface area contributed by atoms with Gasteiger partial charge < -0.3 is 4.74 Å². The fourth-order valence-electron chi connectivity index (χ4n) is 1.83. The molecule has 0 N–H and O–H groups in total. The van der Waals surface area contributed by atoms with Crippen molar-refractivity contribution in [1.82, 2.24) is 0 Å². The minimum Gasteiger partial charge on any atom is -0.495 e. The summed E-state index contributed by atoms with van der Waals surface area (Å²) in [6.07, 6.45) is 3.68. The summed E-state index contributed by atoms with van der Waals surface area (Å²) >= 11 is 6.19. The molecule has 0 unspecified atom stereocenters. The first-order chi connectivity index (χ1) is 7.27. The van der Waals surface area contributed by atoms with E-state index in [-0.39, 0.29) is 0 Å². The smallest absolute Gasteiger partial charge is 0.137 e. The number of nitrogens with zero attached hydrogens (tertiary/aromatic N) is 1. The van der Waals surface area contributed by atoms with Gasteiger partial charge in [0.1, 0.15) is 5.75 Å². The molecule has 1 aliphatic carbocycles. The molecule has 2 rings (SSSR count). The third-order valence-corrected chi connectivity index (χ3v) is 3.00. The average Bonchev–Trinajstić information content (AvgIpc) is 2.29. The highest BCUT2D eigenvalue weighted by Crippen LogP contribution is 2.36. The number of allylic oxidation sites excluding steroid dienone is 2. The quantitative estimate of drug-likeness (QED) is 0.727. The van der Waals surface area contributed by atoms with Crippen LogP contribution in [0.4, 0.5) is 0 Å². The highest BCUT2D eigenvalue weighted by Gasteiger charge is 2.17. The SMILES string of the molecule is COc1ccc2c(c1Cl)CCC=C2C#N. The van der Waals surface area contributed by atoms with Crippen molar-refractivity contribution in [3.8, 4) is 11.8 Å². The standard InChI is InChI=1S/C12H10ClNO/c1-15-11-6-5-9-8(7-14)3-2-4-10(9)12(11)13/h3,5-6H,2,4H2,1H3. The average molecular weight is 220 g/mol. The molecule has 0 atom stereocenters. The largest absolute Gasteiger partial charge is 0.495 e. The summed E-state index contributed by atoms with van der Waals surface area (Å²) in [6, 6.07) is 5.89. The first-order valence-electron chi connectivity index (χ1n) is 4.74. The minimum atomic E-state index is 0.635. The Balaban J connectivity index is 2.61. The van der Waals surface area contributed by atoms with E-state index in [0.717, 1.165) is 24.0 Å². The normalized spacial score (nSPS) is 13.8. The van der Waals surface area contributed by atoms with Crippen molar-refractivity contribution in [1.29, 1.82) is 5.26 Å². The molecule has 2 nitrogen and oxygen atoms in total. The second-order valence-corrected chi connectivity index (χ2v) is 3.75. The van der Waals surface area contributed by atoms with Crippen molar-refractivity contribution in [3.05, 3.63) is 34.4 Å². The van der Waals surface area contributed by atoms with Gasteiger partial charge in [-0.25, -0.2) is 0 Å². The van der Waals surface area contributed by atoms with E-state index >= 15 is 0 Å². The van der Waals surface area contributed by atoms with E-state index in [1.807, 2.05) is 12.1 Å². The van der Waals surface area contributed by atoms with Crippen LogP contribution >= 0.6 is 11.6 Å². The molecule has 15 heavy (non-hydrogen) atoms. The number of hydrogen-bond donors (Lipinski definition) is 0. The topological polar surface area (TPSA) is 33.0 Å². The van der Waals surface area contributed by atoms with Gasteiger partial charge in [-0.1, -0.05) is 17.7 Å². The molecule has 1 aliphatic rings. The summed E-state index contributed by atoms with van der Waals surface area (Å²) in [4.78, 5) is 0. The van der Waals surface area contributed by atoms with Crippen LogP contribution in [0.25, 0.3) is 5.57 Å². The molecule has 0 aromatic heterocycles. The molecule has 76 valence electrons. The first kappa shape index (κ1) is 10.1. The summed E-state index contributed by atoms with van der Waals surface area (Å²) in [5.74, 6) is 0.676. The number of benzene rings is 1. The lowest BCUT2D eigenvalue weighted by molar-refractivity contribution is 0.414. The molecule has 0 bridgehead atoms. The monoisotopic (exact) mass is 219 g/mol. The lowest BCUT2D eigenvalue weighted by Gasteiger charge is -2.16. The maximum atomic E-state index is 8.96. The molecule has 0 amide bonds. The summed E-state index contributed by atoms with van der Waals surface area (Å²) in [5, 5.41) is 9.60. The van der Waals surface area contributed by atoms with Crippen molar-refractivity contribution >= 4 is 17.2 Å². The lowest BCUT2D eigenvalue weighted by Crippen LogP contribution is -2.01. The van der Waals surface area contributed by atoms with Gasteiger partial charge in [-0.2, -0.15) is 5.26 Å². The molecule has 0 radical (unpaired) electrons. The molecular weight excluding hydrogens is 210 g/mol. The van der Waals surface area contributed by atoms with Gasteiger partial charge in [-0.3, -0.25) is 0 Å². The molecule has 3 heteroatoms. The number of ether oxygens (including phenoxy) is 1. The zero-order chi connectivity index (χ0) is 10.8. The Morgan fingerprint density at radius 1 is 1.47 bits per heavy atom. The molecule has 0 fully saturated rings. The van der Waals surface area contributed by atoms with E-state index in [2.05, 4.69) is 6.07 Å². The van der Waals surface area contributed by atoms with Crippen LogP contribution in [0.5, 0.6) is 5.75 Å². The summed E-state index contributed by atoms with van der Waals surface area (Å²) in [6.45, 7) is 0. The Labute approximate surface area is 93.7 Å². The predicted octanol–water partition coefficient (Wildman–Crippen LogP) is 3.20. The first-order valence-corrected chi connectivity index (χ1v) is 5.11. The number of hydrogen-bond acceptors (Lipinski definition) is 2. The zero-order valence-electron chi connectivity index (χ0n) is 8.38. The van der Waals surface area contributed by atoms with Gasteiger partial charge in [0.15, 0.2) is 0 Å². The van der Waals surface area contributed by atoms with Gasteiger partial charge in [0.25, 0.3) is 0 Å². The predicted molar refractivity (Wildman–Crippen MR) is 59.9 cm³/mol. The van der Waals surface area contributed by atoms with Gasteiger partial charge in [0.05, 0.1) is 23.8 Å². The Bertz CT molecular complexity index is 471. The molecule has 0 saturated carbocycles. The van der Waals surface area contributed by atoms with Crippen LogP contribution in [0.15, 0.2) is 18.2 Å². The molecule has 1 aromatic carbocycles. The minimum absolute atomic E-state index is 0.635. The maximum absolute atomic E-state index is 8.96. The van der Waals surface area contributed by atoms with Crippen LogP contribution in [-0.4, -0.2) is 7.11 Å². The van der Waals surface area contributed by atoms with Gasteiger partial charge in [-0.05, 0) is 36.1 Å². The Morgan fingerprint density at radius 2 is 2.27 bits per heavy atom. The van der Waals surface area contributed by atoms with Crippen LogP contribution in [0.3, 0.4) is 0 Å². The van der Waals surface area contributed by atoms with E-state index in [1.165, 1.54) is 0 Å². The number of nitriles is 1. The third kappa shape index (κ3) is 1.60. The summed E-state index contributed by atoms with van der Waals surface area (Å²) < 4.78 is 5.15. The van der Waals surface area contributed by atoms with Crippen molar-refractivity contribution in [2.24, 2.45) is 0 Å². The maximum Gasteiger partial charge on any atom is 0.137 e. The molecule has 0 saturated heterocycles. The number of halogens is 1. The van der Waals surface area contributed by atoms with E-state index in [0.29, 0.717) is 16.3 Å². The number of methoxy groups -OCH3 is 1. The Morgan fingerprint density at radius 3 is 2.93 bits per heavy atom. The second-order valence-electron chi connectivity index (χ2n) is 3.38. The Hall–Kier alpha value is -1.46. The Kier molecular flexibility index (Phi) is 2.66. The number of fused-ring (bicyclic) bond motifs is 1. The van der Waals surface area contributed by atoms with Gasteiger partial charge in [0, 0.05) is 0 Å². The van der Waals surface area contributed by atoms with Crippen LogP contribution in [0.2, 0.25) is 5.02 Å². The van der Waals surface area contributed by atoms with E-state index < -0.39 is 0 Å². The highest BCUT2D eigenvalue weighted by atomic mass is 35.5. The van der Waals surface area contributed by atoms with Crippen molar-refractivity contribution in [3.63, 3.8) is 0 Å². The number of rotatable bonds is 1. The summed E-state index contributed by atoms with van der Waals surface area (Å²) in [5.41, 5.74) is 2.67. The van der Waals surface area contributed by atoms with Gasteiger partial charge in [-0.15, -0.1) is 0 Å².